The minimum Gasteiger partial charge on any atom is -0.393 e. The summed E-state index contributed by atoms with van der Waals surface area (Å²) in [5, 5.41) is 30.8. The Balaban J connectivity index is 1.67. The minimum atomic E-state index is -0.632. The number of fused-ring (bicyclic) bond motifs is 1. The van der Waals surface area contributed by atoms with Crippen molar-refractivity contribution in [2.75, 3.05) is 6.61 Å². The molecule has 0 aromatic carbocycles. The van der Waals surface area contributed by atoms with E-state index in [4.69, 9.17) is 4.74 Å². The number of allylic oxidation sites excluding steroid dienone is 3. The molecule has 0 aromatic heterocycles. The van der Waals surface area contributed by atoms with Gasteiger partial charge in [0.2, 0.25) is 0 Å². The Morgan fingerprint density at radius 2 is 1.94 bits per heavy atom. The maximum atomic E-state index is 10.6. The molecule has 3 rings (SSSR count). The van der Waals surface area contributed by atoms with Crippen molar-refractivity contribution in [2.45, 2.75) is 116 Å². The predicted molar refractivity (Wildman–Crippen MR) is 130 cm³/mol. The summed E-state index contributed by atoms with van der Waals surface area (Å²) >= 11 is 0. The Bertz CT molecular complexity index is 719. The molecule has 4 heteroatoms. The van der Waals surface area contributed by atoms with E-state index in [0.717, 1.165) is 30.4 Å². The molecule has 3 aliphatic rings. The summed E-state index contributed by atoms with van der Waals surface area (Å²) < 4.78 is 6.31. The normalized spacial score (nSPS) is 37.2. The quantitative estimate of drug-likeness (QED) is 0.462. The minimum absolute atomic E-state index is 0.198. The van der Waals surface area contributed by atoms with Crippen molar-refractivity contribution in [1.29, 1.82) is 0 Å². The van der Waals surface area contributed by atoms with E-state index < -0.39 is 17.8 Å². The molecular weight excluding hydrogens is 400 g/mol. The second-order valence-electron chi connectivity index (χ2n) is 10.9. The van der Waals surface area contributed by atoms with Gasteiger partial charge in [0.15, 0.2) is 0 Å². The van der Waals surface area contributed by atoms with Gasteiger partial charge >= 0.3 is 0 Å². The molecule has 3 saturated carbocycles. The molecule has 0 amide bonds. The first-order valence-corrected chi connectivity index (χ1v) is 12.9. The molecule has 0 radical (unpaired) electrons. The highest BCUT2D eigenvalue weighted by Crippen LogP contribution is 2.58. The lowest BCUT2D eigenvalue weighted by atomic mass is 9.62. The highest BCUT2D eigenvalue weighted by molar-refractivity contribution is 5.38. The zero-order valence-corrected chi connectivity index (χ0v) is 20.8. The molecule has 0 aliphatic heterocycles. The molecule has 3 fully saturated rings. The molecule has 182 valence electrons. The van der Waals surface area contributed by atoms with Crippen molar-refractivity contribution in [3.8, 4) is 0 Å². The molecule has 0 aromatic rings. The van der Waals surface area contributed by atoms with Gasteiger partial charge in [0.05, 0.1) is 23.9 Å². The van der Waals surface area contributed by atoms with Crippen molar-refractivity contribution < 1.29 is 20.1 Å². The third kappa shape index (κ3) is 5.41. The molecule has 3 N–H and O–H groups in total. The zero-order valence-electron chi connectivity index (χ0n) is 20.8. The summed E-state index contributed by atoms with van der Waals surface area (Å²) in [5.74, 6) is 1.10. The first-order chi connectivity index (χ1) is 15.1. The molecule has 6 atom stereocenters. The predicted octanol–water partition coefficient (Wildman–Crippen LogP) is 5.47. The maximum Gasteiger partial charge on any atom is 0.0811 e. The summed E-state index contributed by atoms with van der Waals surface area (Å²) in [4.78, 5) is 0. The van der Waals surface area contributed by atoms with Crippen LogP contribution in [0.4, 0.5) is 0 Å². The molecule has 0 heterocycles. The fourth-order valence-corrected chi connectivity index (χ4v) is 6.67. The van der Waals surface area contributed by atoms with E-state index >= 15 is 0 Å². The lowest BCUT2D eigenvalue weighted by Crippen LogP contribution is -2.39. The van der Waals surface area contributed by atoms with Crippen LogP contribution in [0.25, 0.3) is 0 Å². The van der Waals surface area contributed by atoms with E-state index in [1.807, 2.05) is 13.8 Å². The monoisotopic (exact) mass is 446 g/mol. The van der Waals surface area contributed by atoms with Crippen LogP contribution in [-0.2, 0) is 4.74 Å². The van der Waals surface area contributed by atoms with Crippen molar-refractivity contribution in [2.24, 2.45) is 17.3 Å². The first kappa shape index (κ1) is 25.7. The van der Waals surface area contributed by atoms with Crippen LogP contribution in [0, 0.1) is 17.3 Å². The summed E-state index contributed by atoms with van der Waals surface area (Å²) in [5.41, 5.74) is 2.91. The topological polar surface area (TPSA) is 69.9 Å². The molecule has 32 heavy (non-hydrogen) atoms. The summed E-state index contributed by atoms with van der Waals surface area (Å²) in [7, 11) is 0. The van der Waals surface area contributed by atoms with Crippen molar-refractivity contribution >= 4 is 0 Å². The largest absolute Gasteiger partial charge is 0.393 e. The van der Waals surface area contributed by atoms with Crippen molar-refractivity contribution in [3.63, 3.8) is 0 Å². The van der Waals surface area contributed by atoms with Crippen LogP contribution in [0.3, 0.4) is 0 Å². The molecule has 4 nitrogen and oxygen atoms in total. The van der Waals surface area contributed by atoms with Crippen LogP contribution in [0.2, 0.25) is 0 Å². The van der Waals surface area contributed by atoms with Gasteiger partial charge in [0.1, 0.15) is 0 Å². The van der Waals surface area contributed by atoms with Gasteiger partial charge in [-0.2, -0.15) is 0 Å². The molecule has 3 aliphatic carbocycles. The van der Waals surface area contributed by atoms with Crippen molar-refractivity contribution in [1.82, 2.24) is 0 Å². The zero-order chi connectivity index (χ0) is 23.5. The Labute approximate surface area is 195 Å². The molecule has 0 unspecified atom stereocenters. The van der Waals surface area contributed by atoms with Gasteiger partial charge in [0, 0.05) is 13.0 Å². The van der Waals surface area contributed by atoms with E-state index in [9.17, 15) is 15.3 Å². The van der Waals surface area contributed by atoms with Gasteiger partial charge in [0.25, 0.3) is 0 Å². The number of hydrogen-bond donors (Lipinski definition) is 3. The number of aliphatic hydroxyl groups is 3. The second-order valence-corrected chi connectivity index (χ2v) is 10.9. The van der Waals surface area contributed by atoms with Crippen LogP contribution in [0.15, 0.2) is 35.5 Å². The van der Waals surface area contributed by atoms with E-state index in [1.165, 1.54) is 31.3 Å². The van der Waals surface area contributed by atoms with Crippen molar-refractivity contribution in [3.05, 3.63) is 35.5 Å². The van der Waals surface area contributed by atoms with Crippen LogP contribution in [-0.4, -0.2) is 45.8 Å². The Morgan fingerprint density at radius 1 is 1.22 bits per heavy atom. The average Bonchev–Trinajstić information content (AvgIpc) is 3.12. The fourth-order valence-electron chi connectivity index (χ4n) is 6.67. The SMILES string of the molecule is C=C1/C(=C/C=C2\CCC[C@]3(C)[C@@H]([C@@H](C)OCCC(O)(CC)CC)CC[C@@H]23)C[C@@H](O)C[C@@H]1O. The molecule has 0 bridgehead atoms. The van der Waals surface area contributed by atoms with Crippen LogP contribution >= 0.6 is 0 Å². The van der Waals surface area contributed by atoms with Crippen LogP contribution in [0.5, 0.6) is 0 Å². The van der Waals surface area contributed by atoms with Crippen LogP contribution in [0.1, 0.15) is 91.9 Å². The summed E-state index contributed by atoms with van der Waals surface area (Å²) in [6.07, 6.45) is 12.6. The molecule has 0 spiro atoms. The maximum absolute atomic E-state index is 10.6. The first-order valence-electron chi connectivity index (χ1n) is 12.9. The number of aliphatic hydroxyl groups excluding tert-OH is 2. The number of ether oxygens (including phenoxy) is 1. The molecule has 0 saturated heterocycles. The lowest BCUT2D eigenvalue weighted by molar-refractivity contribution is -0.0559. The van der Waals surface area contributed by atoms with E-state index in [2.05, 4.69) is 32.6 Å². The Morgan fingerprint density at radius 3 is 2.62 bits per heavy atom. The highest BCUT2D eigenvalue weighted by Gasteiger charge is 2.51. The fraction of sp³-hybridized carbons (Fsp3) is 0.786. The highest BCUT2D eigenvalue weighted by atomic mass is 16.5. The van der Waals surface area contributed by atoms with Gasteiger partial charge in [-0.25, -0.2) is 0 Å². The number of rotatable bonds is 8. The molecular formula is C28H46O4. The van der Waals surface area contributed by atoms with Gasteiger partial charge in [-0.05, 0) is 93.1 Å². The third-order valence-corrected chi connectivity index (χ3v) is 9.13. The van der Waals surface area contributed by atoms with Gasteiger partial charge < -0.3 is 20.1 Å². The van der Waals surface area contributed by atoms with E-state index in [1.54, 1.807) is 0 Å². The van der Waals surface area contributed by atoms with Crippen LogP contribution < -0.4 is 0 Å². The summed E-state index contributed by atoms with van der Waals surface area (Å²) in [6, 6.07) is 0. The summed E-state index contributed by atoms with van der Waals surface area (Å²) in [6.45, 7) is 13.5. The Kier molecular flexibility index (Phi) is 8.46. The third-order valence-electron chi connectivity index (χ3n) is 9.13. The number of hydrogen-bond acceptors (Lipinski definition) is 4. The standard InChI is InChI=1S/C28H46O4/c1-6-28(31,7-2)15-16-32-20(4)24-12-13-25-21(9-8-14-27(24,25)5)10-11-22-17-23(29)18-26(30)19(22)3/h10-11,20,23-26,29-31H,3,6-9,12-18H2,1-2,4-5H3/b21-10+,22-11+/t20-,23-,24-,25+,26+,27-/m1/s1. The van der Waals surface area contributed by atoms with Gasteiger partial charge in [-0.1, -0.05) is 45.1 Å². The Hall–Kier alpha value is -0.940. The average molecular weight is 447 g/mol. The lowest BCUT2D eigenvalue weighted by Gasteiger charge is -2.44. The van der Waals surface area contributed by atoms with E-state index in [-0.39, 0.29) is 11.5 Å². The van der Waals surface area contributed by atoms with Gasteiger partial charge in [-0.15, -0.1) is 0 Å². The second kappa shape index (κ2) is 10.5. The van der Waals surface area contributed by atoms with E-state index in [0.29, 0.717) is 37.7 Å². The smallest absolute Gasteiger partial charge is 0.0811 e. The van der Waals surface area contributed by atoms with Gasteiger partial charge in [-0.3, -0.25) is 0 Å².